The average molecular weight is 1320 g/mol. The number of hydrogen-bond donors (Lipinski definition) is 4. The molecule has 4 aromatic heterocycles. The molecule has 0 aliphatic carbocycles. The Kier molecular flexibility index (Phi) is 24.8. The second-order valence-corrected chi connectivity index (χ2v) is 23.2. The van der Waals surface area contributed by atoms with E-state index in [-0.39, 0.29) is 44.1 Å². The van der Waals surface area contributed by atoms with Crippen LogP contribution in [0.1, 0.15) is 49.3 Å². The maximum atomic E-state index is 12.5. The van der Waals surface area contributed by atoms with Crippen molar-refractivity contribution in [1.29, 1.82) is 0 Å². The van der Waals surface area contributed by atoms with Crippen LogP contribution in [0.5, 0.6) is 11.8 Å². The summed E-state index contributed by atoms with van der Waals surface area (Å²) in [6.07, 6.45) is 8.02. The van der Waals surface area contributed by atoms with E-state index in [4.69, 9.17) is 30.8 Å². The SMILES string of the molecule is CCO.Cc1ccccc1-c1cc(N2CC3CCC(C2)N3c2ccnc(OCCN3CCN(C(=O)OCc4ccccc4)CC3)c2)c(N)nn1.Cc1ccccc1-c1cc(N2CC3CCC(C2)N3c2ccnc(OCCN3CCNCC3)c2)c(N)nn1.O.O.[Pd]. The van der Waals surface area contributed by atoms with Crippen molar-refractivity contribution in [2.45, 2.75) is 77.2 Å². The molecule has 6 aliphatic rings. The number of carbonyl (C=O) groups is 1. The molecule has 24 heteroatoms. The minimum Gasteiger partial charge on any atom is -0.476 e. The van der Waals surface area contributed by atoms with E-state index in [9.17, 15) is 4.79 Å². The number of rotatable bonds is 16. The monoisotopic (exact) mass is 1320 g/mol. The summed E-state index contributed by atoms with van der Waals surface area (Å²) in [6.45, 7) is 20.0. The first-order valence-corrected chi connectivity index (χ1v) is 30.9. The number of aryl methyl sites for hydroxylation is 2. The molecule has 6 saturated heterocycles. The average Bonchev–Trinajstić information content (AvgIpc) is 1.79. The van der Waals surface area contributed by atoms with Crippen LogP contribution in [0.25, 0.3) is 22.5 Å². The molecule has 6 aliphatic heterocycles. The Morgan fingerprint density at radius 1 is 0.578 bits per heavy atom. The van der Waals surface area contributed by atoms with Gasteiger partial charge in [0.05, 0.1) is 22.8 Å². The molecule has 484 valence electrons. The third kappa shape index (κ3) is 16.8. The Hall–Kier alpha value is -7.79. The second kappa shape index (κ2) is 32.8. The Labute approximate surface area is 542 Å². The fourth-order valence-electron chi connectivity index (χ4n) is 13.1. The van der Waals surface area contributed by atoms with Crippen molar-refractivity contribution in [1.82, 2.24) is 50.4 Å². The van der Waals surface area contributed by atoms with Gasteiger partial charge in [0, 0.05) is 190 Å². The molecule has 3 aromatic carbocycles. The summed E-state index contributed by atoms with van der Waals surface area (Å²) in [4.78, 5) is 37.9. The fraction of sp³-hybridized carbons (Fsp3) is 0.439. The molecule has 0 radical (unpaired) electrons. The van der Waals surface area contributed by atoms with Gasteiger partial charge in [-0.15, -0.1) is 20.4 Å². The van der Waals surface area contributed by atoms with Crippen molar-refractivity contribution < 1.29 is 55.5 Å². The number of nitrogen functional groups attached to an aromatic ring is 2. The number of piperazine rings is 4. The second-order valence-electron chi connectivity index (χ2n) is 23.2. The predicted molar refractivity (Wildman–Crippen MR) is 350 cm³/mol. The van der Waals surface area contributed by atoms with Crippen LogP contribution in [0.3, 0.4) is 0 Å². The predicted octanol–water partition coefficient (Wildman–Crippen LogP) is 5.54. The molecule has 4 atom stereocenters. The minimum absolute atomic E-state index is 0. The van der Waals surface area contributed by atoms with E-state index in [0.29, 0.717) is 80.5 Å². The van der Waals surface area contributed by atoms with Crippen LogP contribution >= 0.6 is 0 Å². The number of nitrogens with two attached hydrogens (primary N) is 2. The van der Waals surface area contributed by atoms with Gasteiger partial charge in [-0.3, -0.25) is 9.80 Å². The van der Waals surface area contributed by atoms with Gasteiger partial charge in [0.2, 0.25) is 11.8 Å². The number of anilines is 6. The number of benzene rings is 3. The van der Waals surface area contributed by atoms with Crippen LogP contribution in [0.15, 0.2) is 128 Å². The summed E-state index contributed by atoms with van der Waals surface area (Å²) >= 11 is 0. The van der Waals surface area contributed by atoms with Crippen molar-refractivity contribution in [2.75, 3.05) is 143 Å². The van der Waals surface area contributed by atoms with Crippen LogP contribution < -0.4 is 45.9 Å². The van der Waals surface area contributed by atoms with Crippen LogP contribution in [-0.2, 0) is 31.8 Å². The largest absolute Gasteiger partial charge is 0.476 e. The number of hydrogen-bond acceptors (Lipinski definition) is 20. The molecule has 4 bridgehead atoms. The molecular formula is C66H88N16O7Pd. The molecule has 4 unspecified atom stereocenters. The number of nitrogens with zero attached hydrogens (tertiary/aromatic N) is 13. The molecule has 23 nitrogen and oxygen atoms in total. The molecular weight excluding hydrogens is 1240 g/mol. The van der Waals surface area contributed by atoms with E-state index >= 15 is 0 Å². The normalized spacial score (nSPS) is 19.4. The summed E-state index contributed by atoms with van der Waals surface area (Å²) in [5.41, 5.74) is 24.2. The topological polar surface area (TPSA) is 292 Å². The zero-order valence-corrected chi connectivity index (χ0v) is 53.4. The van der Waals surface area contributed by atoms with Crippen LogP contribution in [-0.4, -0.2) is 203 Å². The van der Waals surface area contributed by atoms with E-state index in [1.54, 1.807) is 11.8 Å². The number of aliphatic hydroxyl groups excluding tert-OH is 1. The number of fused-ring (bicyclic) bond motifs is 4. The quantitative estimate of drug-likeness (QED) is 0.0864. The Bertz CT molecular complexity index is 3360. The van der Waals surface area contributed by atoms with Crippen LogP contribution in [0.2, 0.25) is 0 Å². The number of nitrogens with one attached hydrogen (secondary N) is 1. The molecule has 0 saturated carbocycles. The van der Waals surface area contributed by atoms with E-state index in [1.807, 2.05) is 67.0 Å². The van der Waals surface area contributed by atoms with Gasteiger partial charge in [-0.2, -0.15) is 0 Å². The van der Waals surface area contributed by atoms with Crippen molar-refractivity contribution in [3.8, 4) is 34.3 Å². The molecule has 90 heavy (non-hydrogen) atoms. The van der Waals surface area contributed by atoms with Gasteiger partial charge < -0.3 is 71.6 Å². The Morgan fingerprint density at radius 2 is 1.00 bits per heavy atom. The summed E-state index contributed by atoms with van der Waals surface area (Å²) < 4.78 is 17.7. The fourth-order valence-corrected chi connectivity index (χ4v) is 13.1. The van der Waals surface area contributed by atoms with Gasteiger partial charge in [-0.25, -0.2) is 14.8 Å². The molecule has 10 heterocycles. The number of amides is 1. The number of aromatic nitrogens is 6. The third-order valence-electron chi connectivity index (χ3n) is 17.5. The van der Waals surface area contributed by atoms with Crippen molar-refractivity contribution in [2.24, 2.45) is 0 Å². The maximum absolute atomic E-state index is 12.5. The molecule has 10 N–H and O–H groups in total. The number of carbonyl (C=O) groups excluding carboxylic acids is 1. The minimum atomic E-state index is -0.256. The summed E-state index contributed by atoms with van der Waals surface area (Å²) in [5, 5.41) is 28.5. The molecule has 13 rings (SSSR count). The maximum Gasteiger partial charge on any atom is 0.410 e. The first-order chi connectivity index (χ1) is 42.6. The van der Waals surface area contributed by atoms with Gasteiger partial charge in [-0.05, 0) is 87.4 Å². The molecule has 7 aromatic rings. The zero-order chi connectivity index (χ0) is 60.1. The van der Waals surface area contributed by atoms with Gasteiger partial charge >= 0.3 is 6.09 Å². The van der Waals surface area contributed by atoms with Gasteiger partial charge in [0.25, 0.3) is 0 Å². The summed E-state index contributed by atoms with van der Waals surface area (Å²) in [5.74, 6) is 2.31. The smallest absolute Gasteiger partial charge is 0.410 e. The number of pyridine rings is 2. The van der Waals surface area contributed by atoms with E-state index in [0.717, 1.165) is 155 Å². The number of aliphatic hydroxyl groups is 1. The summed E-state index contributed by atoms with van der Waals surface area (Å²) in [6, 6.07) is 40.4. The van der Waals surface area contributed by atoms with Gasteiger partial charge in [0.15, 0.2) is 11.6 Å². The zero-order valence-electron chi connectivity index (χ0n) is 51.9. The van der Waals surface area contributed by atoms with E-state index < -0.39 is 0 Å². The third-order valence-corrected chi connectivity index (χ3v) is 17.5. The van der Waals surface area contributed by atoms with Crippen LogP contribution in [0.4, 0.5) is 39.2 Å². The van der Waals surface area contributed by atoms with Gasteiger partial charge in [-0.1, -0.05) is 78.9 Å². The van der Waals surface area contributed by atoms with Crippen molar-refractivity contribution in [3.63, 3.8) is 0 Å². The first-order valence-electron chi connectivity index (χ1n) is 30.9. The Balaban J connectivity index is 0.000000221. The van der Waals surface area contributed by atoms with Crippen LogP contribution in [0, 0.1) is 13.8 Å². The van der Waals surface area contributed by atoms with Crippen molar-refractivity contribution >= 4 is 40.5 Å². The van der Waals surface area contributed by atoms with E-state index in [2.05, 4.69) is 140 Å². The Morgan fingerprint density at radius 3 is 1.44 bits per heavy atom. The molecule has 0 spiro atoms. The van der Waals surface area contributed by atoms with Gasteiger partial charge in [0.1, 0.15) is 19.8 Å². The number of ether oxygens (including phenoxy) is 3. The molecule has 1 amide bonds. The molecule has 6 fully saturated rings. The first kappa shape index (κ1) is 68.1. The van der Waals surface area contributed by atoms with E-state index in [1.165, 1.54) is 11.3 Å². The van der Waals surface area contributed by atoms with Crippen molar-refractivity contribution in [3.05, 3.63) is 144 Å². The summed E-state index contributed by atoms with van der Waals surface area (Å²) in [7, 11) is 0. The standard InChI is InChI=1S/C36H42N8O3.C28H36N8O.C2H6O.2H2O.Pd/c1-26-7-5-6-10-31(26)32-22-33(35(37)40-39-32)43-23-29-11-12-30(24-43)44(29)28-13-14-38-34(21-28)46-20-19-41-15-17-42(18-16-41)36(45)47-25-27-8-3-2-4-9-27;1-20-4-2-3-5-24(20)25-17-26(28(29)33-32-25)35-18-22-6-7-23(19-35)36(22)21-8-9-31-27(16-21)37-15-14-34-12-10-30-11-13-34;1-2-3;;;/h2-10,13-14,21-22,29-30H,11-12,15-20,23-25H2,1H3,(H2,37,40);2-5,8-9,16-17,22-23,30H,6-7,10-15,18-19H2,1H3,(H2,29,33);3H,2H2,1H3;2*1H2;.